The summed E-state index contributed by atoms with van der Waals surface area (Å²) >= 11 is 0. The Morgan fingerprint density at radius 2 is 2.27 bits per heavy atom. The van der Waals surface area contributed by atoms with Crippen LogP contribution in [0.5, 0.6) is 0 Å². The molecule has 90 valence electrons. The molecule has 1 atom stereocenters. The summed E-state index contributed by atoms with van der Waals surface area (Å²) < 4.78 is 5.44. The summed E-state index contributed by atoms with van der Waals surface area (Å²) in [4.78, 5) is 2.41. The number of hydrogen-bond donors (Lipinski definition) is 1. The van der Waals surface area contributed by atoms with Gasteiger partial charge in [-0.05, 0) is 32.4 Å². The molecule has 1 unspecified atom stereocenters. The molecule has 1 aliphatic heterocycles. The molecule has 0 aromatic rings. The Hall–Kier alpha value is -0.120. The molecule has 0 spiro atoms. The summed E-state index contributed by atoms with van der Waals surface area (Å²) in [5.74, 6) is 0.828. The van der Waals surface area contributed by atoms with E-state index >= 15 is 0 Å². The second-order valence-corrected chi connectivity index (χ2v) is 5.02. The van der Waals surface area contributed by atoms with E-state index < -0.39 is 0 Å². The summed E-state index contributed by atoms with van der Waals surface area (Å²) in [7, 11) is 2.20. The van der Waals surface area contributed by atoms with Crippen LogP contribution in [-0.4, -0.2) is 50.8 Å². The van der Waals surface area contributed by atoms with Crippen LogP contribution in [0.4, 0.5) is 0 Å². The van der Waals surface area contributed by atoms with Gasteiger partial charge < -0.3 is 15.0 Å². The van der Waals surface area contributed by atoms with E-state index in [0.29, 0.717) is 6.04 Å². The van der Waals surface area contributed by atoms with E-state index in [1.54, 1.807) is 0 Å². The van der Waals surface area contributed by atoms with Crippen molar-refractivity contribution in [3.05, 3.63) is 0 Å². The Labute approximate surface area is 94.2 Å². The van der Waals surface area contributed by atoms with Crippen LogP contribution in [0.15, 0.2) is 0 Å². The Morgan fingerprint density at radius 1 is 1.47 bits per heavy atom. The molecule has 3 heteroatoms. The van der Waals surface area contributed by atoms with Gasteiger partial charge in [0.05, 0.1) is 13.2 Å². The number of morpholine rings is 1. The summed E-state index contributed by atoms with van der Waals surface area (Å²) in [6.07, 6.45) is 2.64. The number of nitrogens with one attached hydrogen (secondary N) is 1. The molecule has 1 rings (SSSR count). The van der Waals surface area contributed by atoms with Crippen LogP contribution in [0.25, 0.3) is 0 Å². The molecule has 0 bridgehead atoms. The molecule has 15 heavy (non-hydrogen) atoms. The molecule has 3 nitrogen and oxygen atoms in total. The van der Waals surface area contributed by atoms with Crippen molar-refractivity contribution < 1.29 is 4.74 Å². The van der Waals surface area contributed by atoms with E-state index in [-0.39, 0.29) is 0 Å². The van der Waals surface area contributed by atoms with E-state index in [1.807, 2.05) is 0 Å². The van der Waals surface area contributed by atoms with Gasteiger partial charge in [0.25, 0.3) is 0 Å². The first-order valence-electron chi connectivity index (χ1n) is 6.18. The number of likely N-dealkylation sites (N-methyl/N-ethyl adjacent to an activating group) is 1. The van der Waals surface area contributed by atoms with Crippen LogP contribution in [0.2, 0.25) is 0 Å². The lowest BCUT2D eigenvalue weighted by molar-refractivity contribution is 0.0650. The zero-order valence-electron chi connectivity index (χ0n) is 10.5. The monoisotopic (exact) mass is 214 g/mol. The van der Waals surface area contributed by atoms with Crippen molar-refractivity contribution in [1.82, 2.24) is 10.2 Å². The third-order valence-electron chi connectivity index (χ3n) is 2.85. The normalized spacial score (nSPS) is 22.6. The van der Waals surface area contributed by atoms with Crippen molar-refractivity contribution in [2.24, 2.45) is 5.92 Å². The summed E-state index contributed by atoms with van der Waals surface area (Å²) in [5.41, 5.74) is 0. The molecule has 1 heterocycles. The number of ether oxygens (including phenoxy) is 1. The average Bonchev–Trinajstić information content (AvgIpc) is 2.18. The molecule has 0 amide bonds. The first-order chi connectivity index (χ1) is 7.18. The fourth-order valence-corrected chi connectivity index (χ4v) is 1.97. The molecule has 0 aliphatic carbocycles. The van der Waals surface area contributed by atoms with Gasteiger partial charge in [0, 0.05) is 19.1 Å². The third-order valence-corrected chi connectivity index (χ3v) is 2.85. The average molecular weight is 214 g/mol. The van der Waals surface area contributed by atoms with Crippen LogP contribution >= 0.6 is 0 Å². The highest BCUT2D eigenvalue weighted by molar-refractivity contribution is 4.73. The molecular formula is C12H26N2O. The fraction of sp³-hybridized carbons (Fsp3) is 1.00. The Bertz CT molecular complexity index is 156. The van der Waals surface area contributed by atoms with Crippen LogP contribution in [0.1, 0.15) is 26.7 Å². The maximum atomic E-state index is 5.44. The van der Waals surface area contributed by atoms with Crippen molar-refractivity contribution >= 4 is 0 Å². The standard InChI is InChI=1S/C12H26N2O/c1-11(2)5-4-7-14(3)9-12-10-15-8-6-13-12/h11-13H,4-10H2,1-3H3. The van der Waals surface area contributed by atoms with E-state index in [0.717, 1.165) is 32.2 Å². The fourth-order valence-electron chi connectivity index (χ4n) is 1.97. The maximum Gasteiger partial charge on any atom is 0.0632 e. The quantitative estimate of drug-likeness (QED) is 0.722. The maximum absolute atomic E-state index is 5.44. The second kappa shape index (κ2) is 7.20. The van der Waals surface area contributed by atoms with Crippen molar-refractivity contribution in [3.63, 3.8) is 0 Å². The highest BCUT2D eigenvalue weighted by Gasteiger charge is 2.14. The minimum atomic E-state index is 0.530. The first kappa shape index (κ1) is 12.9. The van der Waals surface area contributed by atoms with Gasteiger partial charge in [-0.25, -0.2) is 0 Å². The van der Waals surface area contributed by atoms with Gasteiger partial charge in [0.15, 0.2) is 0 Å². The van der Waals surface area contributed by atoms with Crippen LogP contribution in [-0.2, 0) is 4.74 Å². The van der Waals surface area contributed by atoms with Crippen molar-refractivity contribution in [2.75, 3.05) is 39.9 Å². The Kier molecular flexibility index (Phi) is 6.22. The molecule has 0 saturated carbocycles. The highest BCUT2D eigenvalue weighted by Crippen LogP contribution is 2.04. The summed E-state index contributed by atoms with van der Waals surface area (Å²) in [6.45, 7) is 9.63. The van der Waals surface area contributed by atoms with Gasteiger partial charge in [-0.2, -0.15) is 0 Å². The topological polar surface area (TPSA) is 24.5 Å². The van der Waals surface area contributed by atoms with Crippen molar-refractivity contribution in [1.29, 1.82) is 0 Å². The lowest BCUT2D eigenvalue weighted by Crippen LogP contribution is -2.47. The zero-order chi connectivity index (χ0) is 11.1. The van der Waals surface area contributed by atoms with E-state index in [4.69, 9.17) is 4.74 Å². The number of nitrogens with zero attached hydrogens (tertiary/aromatic N) is 1. The van der Waals surface area contributed by atoms with Crippen LogP contribution < -0.4 is 5.32 Å². The molecule has 1 aliphatic rings. The lowest BCUT2D eigenvalue weighted by atomic mass is 10.1. The van der Waals surface area contributed by atoms with Crippen molar-refractivity contribution in [3.8, 4) is 0 Å². The van der Waals surface area contributed by atoms with Gasteiger partial charge in [0.2, 0.25) is 0 Å². The van der Waals surface area contributed by atoms with Gasteiger partial charge in [-0.1, -0.05) is 13.8 Å². The van der Waals surface area contributed by atoms with E-state index in [1.165, 1.54) is 19.4 Å². The molecule has 0 aromatic heterocycles. The molecular weight excluding hydrogens is 188 g/mol. The highest BCUT2D eigenvalue weighted by atomic mass is 16.5. The second-order valence-electron chi connectivity index (χ2n) is 5.02. The number of rotatable bonds is 6. The van der Waals surface area contributed by atoms with E-state index in [2.05, 4.69) is 31.1 Å². The van der Waals surface area contributed by atoms with Crippen LogP contribution in [0, 0.1) is 5.92 Å². The summed E-state index contributed by atoms with van der Waals surface area (Å²) in [5, 5.41) is 3.48. The van der Waals surface area contributed by atoms with Crippen molar-refractivity contribution in [2.45, 2.75) is 32.7 Å². The lowest BCUT2D eigenvalue weighted by Gasteiger charge is -2.28. The molecule has 1 saturated heterocycles. The SMILES string of the molecule is CC(C)CCCN(C)CC1COCCN1. The number of hydrogen-bond acceptors (Lipinski definition) is 3. The summed E-state index contributed by atoms with van der Waals surface area (Å²) in [6, 6.07) is 0.530. The van der Waals surface area contributed by atoms with Gasteiger partial charge in [-0.15, -0.1) is 0 Å². The first-order valence-corrected chi connectivity index (χ1v) is 6.18. The minimum absolute atomic E-state index is 0.530. The van der Waals surface area contributed by atoms with E-state index in [9.17, 15) is 0 Å². The minimum Gasteiger partial charge on any atom is -0.378 e. The molecule has 1 N–H and O–H groups in total. The third kappa shape index (κ3) is 6.13. The molecule has 1 fully saturated rings. The van der Waals surface area contributed by atoms with Gasteiger partial charge >= 0.3 is 0 Å². The largest absolute Gasteiger partial charge is 0.378 e. The zero-order valence-corrected chi connectivity index (χ0v) is 10.5. The predicted octanol–water partition coefficient (Wildman–Crippen LogP) is 1.34. The molecule has 0 aromatic carbocycles. The van der Waals surface area contributed by atoms with Gasteiger partial charge in [-0.3, -0.25) is 0 Å². The smallest absolute Gasteiger partial charge is 0.0632 e. The van der Waals surface area contributed by atoms with Crippen LogP contribution in [0.3, 0.4) is 0 Å². The van der Waals surface area contributed by atoms with Gasteiger partial charge in [0.1, 0.15) is 0 Å². The molecule has 0 radical (unpaired) electrons. The Balaban J connectivity index is 2.03. The predicted molar refractivity (Wildman–Crippen MR) is 64.2 cm³/mol. The Morgan fingerprint density at radius 3 is 2.87 bits per heavy atom.